The largest absolute Gasteiger partial charge is 0.347 e. The zero-order valence-corrected chi connectivity index (χ0v) is 15.5. The number of hydrogen-bond donors (Lipinski definition) is 1. The van der Waals surface area contributed by atoms with Crippen molar-refractivity contribution in [3.63, 3.8) is 0 Å². The molecule has 2 rings (SSSR count). The number of nitrogens with one attached hydrogen (secondary N) is 1. The van der Waals surface area contributed by atoms with Crippen molar-refractivity contribution >= 4 is 43.7 Å². The summed E-state index contributed by atoms with van der Waals surface area (Å²) in [5.74, 6) is 0.465. The van der Waals surface area contributed by atoms with Crippen LogP contribution in [-0.2, 0) is 13.1 Å². The number of anilines is 1. The minimum Gasteiger partial charge on any atom is -0.347 e. The molecule has 0 spiro atoms. The molecule has 2 heterocycles. The van der Waals surface area contributed by atoms with Gasteiger partial charge < -0.3 is 10.2 Å². The zero-order valence-electron chi connectivity index (χ0n) is 12.2. The maximum atomic E-state index is 4.83. The van der Waals surface area contributed by atoms with E-state index in [1.54, 1.807) is 22.7 Å². The predicted octanol–water partition coefficient (Wildman–Crippen LogP) is 4.45. The topological polar surface area (TPSA) is 28.2 Å². The maximum absolute atomic E-state index is 4.83. The number of thiophene rings is 1. The van der Waals surface area contributed by atoms with Gasteiger partial charge in [0, 0.05) is 25.0 Å². The van der Waals surface area contributed by atoms with E-state index in [9.17, 15) is 0 Å². The maximum Gasteiger partial charge on any atom is 0.185 e. The number of aromatic nitrogens is 1. The monoisotopic (exact) mass is 373 g/mol. The highest BCUT2D eigenvalue weighted by atomic mass is 79.9. The van der Waals surface area contributed by atoms with Crippen LogP contribution in [0.2, 0.25) is 0 Å². The van der Waals surface area contributed by atoms with Gasteiger partial charge in [0.1, 0.15) is 0 Å². The number of nitrogens with zero attached hydrogens (tertiary/aromatic N) is 2. The van der Waals surface area contributed by atoms with Gasteiger partial charge in [0.05, 0.1) is 9.48 Å². The fourth-order valence-electron chi connectivity index (χ4n) is 2.02. The van der Waals surface area contributed by atoms with Gasteiger partial charge in [-0.15, -0.1) is 22.7 Å². The summed E-state index contributed by atoms with van der Waals surface area (Å²) in [5, 5.41) is 6.52. The Morgan fingerprint density at radius 2 is 2.20 bits per heavy atom. The molecule has 2 aromatic heterocycles. The van der Waals surface area contributed by atoms with E-state index in [0.717, 1.165) is 18.2 Å². The third kappa shape index (κ3) is 3.81. The molecule has 110 valence electrons. The second-order valence-electron chi connectivity index (χ2n) is 5.11. The lowest BCUT2D eigenvalue weighted by Crippen LogP contribution is -2.15. The van der Waals surface area contributed by atoms with Crippen LogP contribution in [-0.4, -0.2) is 19.1 Å². The first kappa shape index (κ1) is 15.9. The molecule has 0 aromatic carbocycles. The van der Waals surface area contributed by atoms with Crippen LogP contribution in [0.15, 0.2) is 15.2 Å². The molecule has 20 heavy (non-hydrogen) atoms. The Balaban J connectivity index is 2.16. The lowest BCUT2D eigenvalue weighted by Gasteiger charge is -2.14. The average Bonchev–Trinajstić information content (AvgIpc) is 2.96. The fraction of sp³-hybridized carbons (Fsp3) is 0.500. The Labute approximate surface area is 137 Å². The molecule has 0 atom stereocenters. The second kappa shape index (κ2) is 7.02. The normalized spacial score (nSPS) is 11.3. The van der Waals surface area contributed by atoms with Gasteiger partial charge in [-0.2, -0.15) is 0 Å². The van der Waals surface area contributed by atoms with Gasteiger partial charge in [-0.3, -0.25) is 0 Å². The SMILES string of the molecule is CNCc1sc(N(C)Cc2csc(Br)c2)nc1C(C)C. The molecule has 0 saturated carbocycles. The Bertz CT molecular complexity index is 563. The first-order valence-corrected chi connectivity index (χ1v) is 9.08. The molecular formula is C14H20BrN3S2. The summed E-state index contributed by atoms with van der Waals surface area (Å²) in [6, 6.07) is 2.17. The van der Waals surface area contributed by atoms with Crippen LogP contribution in [0.5, 0.6) is 0 Å². The van der Waals surface area contributed by atoms with Crippen LogP contribution in [0.25, 0.3) is 0 Å². The van der Waals surface area contributed by atoms with Gasteiger partial charge in [0.2, 0.25) is 0 Å². The van der Waals surface area contributed by atoms with Gasteiger partial charge >= 0.3 is 0 Å². The van der Waals surface area contributed by atoms with E-state index in [4.69, 9.17) is 4.98 Å². The minimum absolute atomic E-state index is 0.465. The molecule has 0 amide bonds. The van der Waals surface area contributed by atoms with Crippen molar-refractivity contribution in [1.82, 2.24) is 10.3 Å². The molecule has 1 N–H and O–H groups in total. The molecule has 0 unspecified atom stereocenters. The number of thiazole rings is 1. The molecule has 0 aliphatic heterocycles. The predicted molar refractivity (Wildman–Crippen MR) is 93.1 cm³/mol. The van der Waals surface area contributed by atoms with Crippen molar-refractivity contribution in [3.8, 4) is 0 Å². The van der Waals surface area contributed by atoms with E-state index in [2.05, 4.69) is 58.5 Å². The summed E-state index contributed by atoms with van der Waals surface area (Å²) in [6.45, 7) is 6.19. The van der Waals surface area contributed by atoms with Crippen LogP contribution in [0.1, 0.15) is 35.9 Å². The van der Waals surface area contributed by atoms with Crippen molar-refractivity contribution in [2.24, 2.45) is 0 Å². The highest BCUT2D eigenvalue weighted by molar-refractivity contribution is 9.11. The van der Waals surface area contributed by atoms with E-state index >= 15 is 0 Å². The van der Waals surface area contributed by atoms with Crippen molar-refractivity contribution in [2.45, 2.75) is 32.9 Å². The smallest absolute Gasteiger partial charge is 0.185 e. The van der Waals surface area contributed by atoms with E-state index in [1.165, 1.54) is 19.9 Å². The van der Waals surface area contributed by atoms with Gasteiger partial charge in [0.25, 0.3) is 0 Å². The van der Waals surface area contributed by atoms with Crippen LogP contribution in [0.3, 0.4) is 0 Å². The van der Waals surface area contributed by atoms with E-state index < -0.39 is 0 Å². The number of halogens is 1. The molecule has 0 aliphatic rings. The molecule has 0 saturated heterocycles. The first-order valence-electron chi connectivity index (χ1n) is 6.59. The third-order valence-electron chi connectivity index (χ3n) is 2.97. The first-order chi connectivity index (χ1) is 9.51. The number of hydrogen-bond acceptors (Lipinski definition) is 5. The molecule has 2 aromatic rings. The van der Waals surface area contributed by atoms with Crippen LogP contribution < -0.4 is 10.2 Å². The van der Waals surface area contributed by atoms with E-state index in [1.807, 2.05) is 7.05 Å². The van der Waals surface area contributed by atoms with Crippen LogP contribution >= 0.6 is 38.6 Å². The second-order valence-corrected chi connectivity index (χ2v) is 8.46. The minimum atomic E-state index is 0.465. The molecule has 3 nitrogen and oxygen atoms in total. The Hall–Kier alpha value is -0.430. The van der Waals surface area contributed by atoms with E-state index in [-0.39, 0.29) is 0 Å². The summed E-state index contributed by atoms with van der Waals surface area (Å²) >= 11 is 7.03. The van der Waals surface area contributed by atoms with Gasteiger partial charge in [-0.05, 0) is 45.9 Å². The summed E-state index contributed by atoms with van der Waals surface area (Å²) in [7, 11) is 4.09. The van der Waals surface area contributed by atoms with Crippen LogP contribution in [0, 0.1) is 0 Å². The standard InChI is InChI=1S/C14H20BrN3S2/c1-9(2)13-11(6-16-3)20-14(17-13)18(4)7-10-5-12(15)19-8-10/h5,8-9,16H,6-7H2,1-4H3. The van der Waals surface area contributed by atoms with Gasteiger partial charge in [0.15, 0.2) is 5.13 Å². The number of rotatable bonds is 6. The van der Waals surface area contributed by atoms with E-state index in [0.29, 0.717) is 5.92 Å². The Kier molecular flexibility index (Phi) is 5.60. The molecule has 0 aliphatic carbocycles. The van der Waals surface area contributed by atoms with Crippen molar-refractivity contribution in [1.29, 1.82) is 0 Å². The average molecular weight is 374 g/mol. The summed E-state index contributed by atoms with van der Waals surface area (Å²) < 4.78 is 1.18. The lowest BCUT2D eigenvalue weighted by atomic mass is 10.1. The summed E-state index contributed by atoms with van der Waals surface area (Å²) in [5.41, 5.74) is 2.54. The molecule has 6 heteroatoms. The molecular weight excluding hydrogens is 354 g/mol. The van der Waals surface area contributed by atoms with Gasteiger partial charge in [-0.25, -0.2) is 4.98 Å². The van der Waals surface area contributed by atoms with Gasteiger partial charge in [-0.1, -0.05) is 13.8 Å². The highest BCUT2D eigenvalue weighted by Gasteiger charge is 2.16. The van der Waals surface area contributed by atoms with Crippen molar-refractivity contribution in [3.05, 3.63) is 31.4 Å². The Morgan fingerprint density at radius 3 is 2.75 bits per heavy atom. The van der Waals surface area contributed by atoms with Crippen molar-refractivity contribution < 1.29 is 0 Å². The summed E-state index contributed by atoms with van der Waals surface area (Å²) in [4.78, 5) is 8.40. The Morgan fingerprint density at radius 1 is 1.45 bits per heavy atom. The molecule has 0 fully saturated rings. The molecule has 0 bridgehead atoms. The summed E-state index contributed by atoms with van der Waals surface area (Å²) in [6.07, 6.45) is 0. The quantitative estimate of drug-likeness (QED) is 0.810. The lowest BCUT2D eigenvalue weighted by molar-refractivity contribution is 0.768. The van der Waals surface area contributed by atoms with Crippen LogP contribution in [0.4, 0.5) is 5.13 Å². The molecule has 0 radical (unpaired) electrons. The fourth-order valence-corrected chi connectivity index (χ4v) is 4.41. The highest BCUT2D eigenvalue weighted by Crippen LogP contribution is 2.31. The third-order valence-corrected chi connectivity index (χ3v) is 5.71. The van der Waals surface area contributed by atoms with Crippen molar-refractivity contribution in [2.75, 3.05) is 19.0 Å². The zero-order chi connectivity index (χ0) is 14.7.